The lowest BCUT2D eigenvalue weighted by atomic mass is 10.1. The lowest BCUT2D eigenvalue weighted by Crippen LogP contribution is -2.18. The van der Waals surface area contributed by atoms with E-state index in [1.807, 2.05) is 0 Å². The van der Waals surface area contributed by atoms with Crippen LogP contribution in [0, 0.1) is 0 Å². The molecule has 1 N–H and O–H groups in total. The maximum atomic E-state index is 11.7. The van der Waals surface area contributed by atoms with E-state index in [2.05, 4.69) is 10.3 Å². The van der Waals surface area contributed by atoms with E-state index in [-0.39, 0.29) is 18.2 Å². The van der Waals surface area contributed by atoms with E-state index in [4.69, 9.17) is 9.84 Å². The highest BCUT2D eigenvalue weighted by Gasteiger charge is 2.17. The molecule has 0 spiro atoms. The molecule has 1 rings (SSSR count). The van der Waals surface area contributed by atoms with Gasteiger partial charge in [0.2, 0.25) is 0 Å². The van der Waals surface area contributed by atoms with Crippen LogP contribution in [0.25, 0.3) is 0 Å². The summed E-state index contributed by atoms with van der Waals surface area (Å²) in [7, 11) is 1.66. The Hall–Kier alpha value is -1.76. The minimum atomic E-state index is -0.817. The Labute approximate surface area is 124 Å². The number of hydrogen-bond acceptors (Lipinski definition) is 5. The predicted molar refractivity (Wildman–Crippen MR) is 76.0 cm³/mol. The number of hydrogen-bond donors (Lipinski definition) is 1. The Kier molecular flexibility index (Phi) is 7.60. The Bertz CT molecular complexity index is 459. The van der Waals surface area contributed by atoms with Crippen LogP contribution < -0.4 is 0 Å². The van der Waals surface area contributed by atoms with Gasteiger partial charge in [0.1, 0.15) is 6.04 Å². The van der Waals surface area contributed by atoms with Gasteiger partial charge in [-0.1, -0.05) is 5.21 Å². The van der Waals surface area contributed by atoms with Gasteiger partial charge in [-0.25, -0.2) is 4.68 Å². The summed E-state index contributed by atoms with van der Waals surface area (Å²) >= 11 is 0. The van der Waals surface area contributed by atoms with Crippen molar-refractivity contribution in [1.29, 1.82) is 0 Å². The fraction of sp³-hybridized carbons (Fsp3) is 0.714. The first-order valence-corrected chi connectivity index (χ1v) is 7.16. The maximum Gasteiger partial charge on any atom is 0.303 e. The van der Waals surface area contributed by atoms with Crippen LogP contribution in [0.5, 0.6) is 0 Å². The van der Waals surface area contributed by atoms with Crippen molar-refractivity contribution >= 4 is 11.8 Å². The summed E-state index contributed by atoms with van der Waals surface area (Å²) < 4.78 is 6.58. The average Bonchev–Trinajstić information content (AvgIpc) is 2.86. The first-order valence-electron chi connectivity index (χ1n) is 7.16. The van der Waals surface area contributed by atoms with Gasteiger partial charge in [0.25, 0.3) is 0 Å². The minimum absolute atomic E-state index is 0.0504. The molecular weight excluding hydrogens is 274 g/mol. The van der Waals surface area contributed by atoms with Crippen molar-refractivity contribution < 1.29 is 19.4 Å². The molecule has 0 aliphatic heterocycles. The molecule has 0 amide bonds. The molecule has 1 atom stereocenters. The highest BCUT2D eigenvalue weighted by Crippen LogP contribution is 2.16. The summed E-state index contributed by atoms with van der Waals surface area (Å²) in [5.74, 6) is -0.767. The molecule has 0 bridgehead atoms. The van der Waals surface area contributed by atoms with Gasteiger partial charge in [-0.2, -0.15) is 0 Å². The molecule has 1 heterocycles. The van der Waals surface area contributed by atoms with Gasteiger partial charge >= 0.3 is 5.97 Å². The van der Waals surface area contributed by atoms with Crippen LogP contribution in [0.4, 0.5) is 0 Å². The zero-order valence-electron chi connectivity index (χ0n) is 12.6. The Morgan fingerprint density at radius 1 is 1.38 bits per heavy atom. The summed E-state index contributed by atoms with van der Waals surface area (Å²) in [6.45, 7) is 2.23. The average molecular weight is 297 g/mol. The molecule has 0 aliphatic carbocycles. The number of rotatable bonds is 11. The number of carbonyl (C=O) groups excluding carboxylic acids is 1. The van der Waals surface area contributed by atoms with E-state index in [0.717, 1.165) is 18.5 Å². The molecule has 0 aromatic carbocycles. The third-order valence-corrected chi connectivity index (χ3v) is 3.25. The van der Waals surface area contributed by atoms with E-state index in [9.17, 15) is 9.59 Å². The number of ketones is 1. The number of aryl methyl sites for hydroxylation is 1. The first kappa shape index (κ1) is 17.3. The number of carbonyl (C=O) groups is 2. The maximum absolute atomic E-state index is 11.7. The first-order chi connectivity index (χ1) is 10.0. The van der Waals surface area contributed by atoms with Crippen molar-refractivity contribution in [2.75, 3.05) is 13.7 Å². The van der Waals surface area contributed by atoms with E-state index in [0.29, 0.717) is 25.9 Å². The molecule has 7 heteroatoms. The molecule has 1 unspecified atom stereocenters. The summed E-state index contributed by atoms with van der Waals surface area (Å²) in [5, 5.41) is 16.6. The molecule has 7 nitrogen and oxygen atoms in total. The molecule has 0 saturated heterocycles. The molecule has 21 heavy (non-hydrogen) atoms. The number of unbranched alkanes of at least 4 members (excludes halogenated alkanes) is 1. The van der Waals surface area contributed by atoms with Gasteiger partial charge in [0.15, 0.2) is 5.78 Å². The van der Waals surface area contributed by atoms with Crippen LogP contribution in [0.15, 0.2) is 6.20 Å². The number of nitrogens with zero attached hydrogens (tertiary/aromatic N) is 3. The van der Waals surface area contributed by atoms with E-state index in [1.165, 1.54) is 0 Å². The Balaban J connectivity index is 2.52. The molecule has 0 fully saturated rings. The van der Waals surface area contributed by atoms with Gasteiger partial charge in [-0.3, -0.25) is 9.59 Å². The topological polar surface area (TPSA) is 94.3 Å². The van der Waals surface area contributed by atoms with Gasteiger partial charge in [0.05, 0.1) is 5.69 Å². The monoisotopic (exact) mass is 297 g/mol. The summed E-state index contributed by atoms with van der Waals surface area (Å²) in [4.78, 5) is 22.2. The molecule has 0 radical (unpaired) electrons. The highest BCUT2D eigenvalue weighted by molar-refractivity contribution is 5.79. The number of carboxylic acid groups (broad SMARTS) is 1. The van der Waals surface area contributed by atoms with Crippen molar-refractivity contribution in [3.8, 4) is 0 Å². The molecular formula is C14H23N3O4. The quantitative estimate of drug-likeness (QED) is 0.624. The molecule has 0 aliphatic rings. The molecule has 1 aromatic rings. The van der Waals surface area contributed by atoms with E-state index in [1.54, 1.807) is 24.9 Å². The van der Waals surface area contributed by atoms with Crippen molar-refractivity contribution in [1.82, 2.24) is 15.0 Å². The Morgan fingerprint density at radius 2 is 2.14 bits per heavy atom. The second-order valence-electron chi connectivity index (χ2n) is 5.05. The summed E-state index contributed by atoms with van der Waals surface area (Å²) in [6.07, 6.45) is 5.42. The van der Waals surface area contributed by atoms with Crippen molar-refractivity contribution in [3.05, 3.63) is 11.9 Å². The SMILES string of the molecule is COCCCCC(C(C)=O)n1cc(CCCC(=O)O)nn1. The highest BCUT2D eigenvalue weighted by atomic mass is 16.5. The van der Waals surface area contributed by atoms with Crippen LogP contribution in [-0.2, 0) is 20.7 Å². The van der Waals surface area contributed by atoms with E-state index < -0.39 is 5.97 Å². The molecule has 118 valence electrons. The summed E-state index contributed by atoms with van der Waals surface area (Å²) in [6, 6.07) is -0.303. The number of ether oxygens (including phenoxy) is 1. The van der Waals surface area contributed by atoms with Gasteiger partial charge < -0.3 is 9.84 Å². The number of aliphatic carboxylic acids is 1. The zero-order valence-corrected chi connectivity index (χ0v) is 12.6. The second kappa shape index (κ2) is 9.23. The fourth-order valence-electron chi connectivity index (χ4n) is 2.11. The zero-order chi connectivity index (χ0) is 15.7. The van der Waals surface area contributed by atoms with Gasteiger partial charge in [0, 0.05) is 26.3 Å². The number of aromatic nitrogens is 3. The number of Topliss-reactive ketones (excluding diaryl/α,β-unsaturated/α-hetero) is 1. The smallest absolute Gasteiger partial charge is 0.303 e. The van der Waals surface area contributed by atoms with E-state index >= 15 is 0 Å². The second-order valence-corrected chi connectivity index (χ2v) is 5.05. The standard InChI is InChI=1S/C14H23N3O4/c1-11(18)13(7-3-4-9-21-2)17-10-12(15-16-17)6-5-8-14(19)20/h10,13H,3-9H2,1-2H3,(H,19,20). The largest absolute Gasteiger partial charge is 0.481 e. The molecule has 1 aromatic heterocycles. The van der Waals surface area contributed by atoms with Crippen LogP contribution in [0.1, 0.15) is 50.8 Å². The van der Waals surface area contributed by atoms with Crippen LogP contribution in [0.2, 0.25) is 0 Å². The third-order valence-electron chi connectivity index (χ3n) is 3.25. The van der Waals surface area contributed by atoms with Gasteiger partial charge in [-0.15, -0.1) is 5.10 Å². The normalized spacial score (nSPS) is 12.3. The van der Waals surface area contributed by atoms with Crippen LogP contribution >= 0.6 is 0 Å². The summed E-state index contributed by atoms with van der Waals surface area (Å²) in [5.41, 5.74) is 0.722. The predicted octanol–water partition coefficient (Wildman–Crippen LogP) is 1.63. The van der Waals surface area contributed by atoms with Crippen molar-refractivity contribution in [2.45, 2.75) is 51.5 Å². The Morgan fingerprint density at radius 3 is 2.76 bits per heavy atom. The fourth-order valence-corrected chi connectivity index (χ4v) is 2.11. The lowest BCUT2D eigenvalue weighted by molar-refractivity contribution is -0.137. The van der Waals surface area contributed by atoms with Crippen LogP contribution in [0.3, 0.4) is 0 Å². The van der Waals surface area contributed by atoms with Crippen LogP contribution in [-0.4, -0.2) is 45.6 Å². The third kappa shape index (κ3) is 6.48. The van der Waals surface area contributed by atoms with Gasteiger partial charge in [-0.05, 0) is 39.0 Å². The number of methoxy groups -OCH3 is 1. The lowest BCUT2D eigenvalue weighted by Gasteiger charge is -2.13. The number of carboxylic acids is 1. The van der Waals surface area contributed by atoms with Crippen molar-refractivity contribution in [2.24, 2.45) is 0 Å². The minimum Gasteiger partial charge on any atom is -0.481 e. The molecule has 0 saturated carbocycles. The van der Waals surface area contributed by atoms with Crippen molar-refractivity contribution in [3.63, 3.8) is 0 Å².